The molecule has 1 aliphatic rings. The molecule has 0 radical (unpaired) electrons. The lowest BCUT2D eigenvalue weighted by molar-refractivity contribution is -0.137. The van der Waals surface area contributed by atoms with E-state index in [1.165, 1.54) is 0 Å². The van der Waals surface area contributed by atoms with Gasteiger partial charge in [-0.15, -0.1) is 0 Å². The molecule has 1 aromatic heterocycles. The standard InChI is InChI=1S/C20H23N3O3/c24-19(15-26-18-7-4-10-21-14-18)23-11-8-17(9-12-23)20(25)22-13-16-5-2-1-3-6-16/h1-7,10,14,17H,8-9,11-13,15H2,(H,22,25). The molecule has 0 saturated carbocycles. The van der Waals surface area contributed by atoms with E-state index in [2.05, 4.69) is 10.3 Å². The predicted molar refractivity (Wildman–Crippen MR) is 97.3 cm³/mol. The van der Waals surface area contributed by atoms with Gasteiger partial charge < -0.3 is 15.0 Å². The van der Waals surface area contributed by atoms with Crippen molar-refractivity contribution in [2.75, 3.05) is 19.7 Å². The first-order valence-corrected chi connectivity index (χ1v) is 8.84. The number of nitrogens with zero attached hydrogens (tertiary/aromatic N) is 2. The predicted octanol–water partition coefficient (Wildman–Crippen LogP) is 2.02. The SMILES string of the molecule is O=C(NCc1ccccc1)C1CCN(C(=O)COc2cccnc2)CC1. The van der Waals surface area contributed by atoms with Crippen LogP contribution in [0, 0.1) is 5.92 Å². The Hall–Kier alpha value is -2.89. The second-order valence-electron chi connectivity index (χ2n) is 6.34. The van der Waals surface area contributed by atoms with Crippen LogP contribution in [-0.2, 0) is 16.1 Å². The fourth-order valence-corrected chi connectivity index (χ4v) is 2.99. The third kappa shape index (κ3) is 5.05. The number of aromatic nitrogens is 1. The Morgan fingerprint density at radius 2 is 1.88 bits per heavy atom. The first-order chi connectivity index (χ1) is 12.7. The van der Waals surface area contributed by atoms with Crippen molar-refractivity contribution < 1.29 is 14.3 Å². The van der Waals surface area contributed by atoms with Crippen LogP contribution in [0.25, 0.3) is 0 Å². The van der Waals surface area contributed by atoms with Gasteiger partial charge in [0.2, 0.25) is 5.91 Å². The van der Waals surface area contributed by atoms with Crippen molar-refractivity contribution in [2.24, 2.45) is 5.92 Å². The fourth-order valence-electron chi connectivity index (χ4n) is 2.99. The normalized spacial score (nSPS) is 14.7. The van der Waals surface area contributed by atoms with Crippen LogP contribution in [0.15, 0.2) is 54.9 Å². The molecule has 1 saturated heterocycles. The van der Waals surface area contributed by atoms with Crippen LogP contribution < -0.4 is 10.1 Å². The van der Waals surface area contributed by atoms with Crippen molar-refractivity contribution in [3.63, 3.8) is 0 Å². The van der Waals surface area contributed by atoms with E-state index in [0.717, 1.165) is 5.56 Å². The van der Waals surface area contributed by atoms with E-state index in [0.29, 0.717) is 38.2 Å². The van der Waals surface area contributed by atoms with Crippen molar-refractivity contribution in [1.29, 1.82) is 0 Å². The number of hydrogen-bond acceptors (Lipinski definition) is 4. The lowest BCUT2D eigenvalue weighted by Crippen LogP contribution is -2.44. The number of amides is 2. The number of hydrogen-bond donors (Lipinski definition) is 1. The molecule has 6 nitrogen and oxygen atoms in total. The average Bonchev–Trinajstić information content (AvgIpc) is 2.72. The highest BCUT2D eigenvalue weighted by Crippen LogP contribution is 2.18. The zero-order valence-corrected chi connectivity index (χ0v) is 14.6. The molecular weight excluding hydrogens is 330 g/mol. The fraction of sp³-hybridized carbons (Fsp3) is 0.350. The van der Waals surface area contributed by atoms with E-state index in [1.54, 1.807) is 29.4 Å². The van der Waals surface area contributed by atoms with E-state index in [9.17, 15) is 9.59 Å². The third-order valence-electron chi connectivity index (χ3n) is 4.52. The second-order valence-corrected chi connectivity index (χ2v) is 6.34. The Morgan fingerprint density at radius 3 is 2.58 bits per heavy atom. The van der Waals surface area contributed by atoms with Crippen LogP contribution in [0.5, 0.6) is 5.75 Å². The number of pyridine rings is 1. The van der Waals surface area contributed by atoms with Crippen molar-refractivity contribution in [2.45, 2.75) is 19.4 Å². The summed E-state index contributed by atoms with van der Waals surface area (Å²) < 4.78 is 5.45. The third-order valence-corrected chi connectivity index (χ3v) is 4.52. The zero-order chi connectivity index (χ0) is 18.2. The molecule has 2 amide bonds. The molecule has 0 bridgehead atoms. The van der Waals surface area contributed by atoms with Crippen LogP contribution >= 0.6 is 0 Å². The van der Waals surface area contributed by atoms with Gasteiger partial charge in [-0.3, -0.25) is 14.6 Å². The van der Waals surface area contributed by atoms with Gasteiger partial charge in [0.25, 0.3) is 5.91 Å². The zero-order valence-electron chi connectivity index (χ0n) is 14.6. The molecule has 26 heavy (non-hydrogen) atoms. The Morgan fingerprint density at radius 1 is 1.12 bits per heavy atom. The van der Waals surface area contributed by atoms with E-state index < -0.39 is 0 Å². The number of carbonyl (C=O) groups is 2. The summed E-state index contributed by atoms with van der Waals surface area (Å²) in [5.41, 5.74) is 1.08. The average molecular weight is 353 g/mol. The molecule has 1 N–H and O–H groups in total. The lowest BCUT2D eigenvalue weighted by Gasteiger charge is -2.31. The summed E-state index contributed by atoms with van der Waals surface area (Å²) in [6, 6.07) is 13.4. The first-order valence-electron chi connectivity index (χ1n) is 8.84. The van der Waals surface area contributed by atoms with Gasteiger partial charge in [-0.1, -0.05) is 30.3 Å². The smallest absolute Gasteiger partial charge is 0.260 e. The van der Waals surface area contributed by atoms with Crippen molar-refractivity contribution in [3.8, 4) is 5.75 Å². The molecule has 0 aliphatic carbocycles. The van der Waals surface area contributed by atoms with Crippen LogP contribution in [0.2, 0.25) is 0 Å². The van der Waals surface area contributed by atoms with Gasteiger partial charge in [0.15, 0.2) is 6.61 Å². The Balaban J connectivity index is 1.39. The van der Waals surface area contributed by atoms with Gasteiger partial charge in [-0.2, -0.15) is 0 Å². The Kier molecular flexibility index (Phi) is 6.19. The maximum Gasteiger partial charge on any atom is 0.260 e. The molecular formula is C20H23N3O3. The van der Waals surface area contributed by atoms with E-state index in [1.807, 2.05) is 30.3 Å². The maximum absolute atomic E-state index is 12.3. The van der Waals surface area contributed by atoms with E-state index >= 15 is 0 Å². The van der Waals surface area contributed by atoms with Gasteiger partial charge in [0.1, 0.15) is 5.75 Å². The Labute approximate surface area is 153 Å². The minimum Gasteiger partial charge on any atom is -0.482 e. The summed E-state index contributed by atoms with van der Waals surface area (Å²) >= 11 is 0. The van der Waals surface area contributed by atoms with Gasteiger partial charge >= 0.3 is 0 Å². The lowest BCUT2D eigenvalue weighted by atomic mass is 9.96. The molecule has 3 rings (SSSR count). The second kappa shape index (κ2) is 8.99. The molecule has 136 valence electrons. The molecule has 1 fully saturated rings. The molecule has 2 heterocycles. The first kappa shape index (κ1) is 17.9. The Bertz CT molecular complexity index is 650. The van der Waals surface area contributed by atoms with Crippen LogP contribution in [-0.4, -0.2) is 41.4 Å². The molecule has 0 spiro atoms. The number of benzene rings is 1. The van der Waals surface area contributed by atoms with Gasteiger partial charge in [-0.05, 0) is 30.5 Å². The van der Waals surface area contributed by atoms with Crippen LogP contribution in [0.1, 0.15) is 18.4 Å². The summed E-state index contributed by atoms with van der Waals surface area (Å²) in [5, 5.41) is 2.99. The maximum atomic E-state index is 12.3. The number of nitrogens with one attached hydrogen (secondary N) is 1. The monoisotopic (exact) mass is 353 g/mol. The van der Waals surface area contributed by atoms with E-state index in [4.69, 9.17) is 4.74 Å². The van der Waals surface area contributed by atoms with Gasteiger partial charge in [0, 0.05) is 31.7 Å². The number of likely N-dealkylation sites (tertiary alicyclic amines) is 1. The van der Waals surface area contributed by atoms with E-state index in [-0.39, 0.29) is 24.3 Å². The summed E-state index contributed by atoms with van der Waals surface area (Å²) in [7, 11) is 0. The molecule has 1 aliphatic heterocycles. The highest BCUT2D eigenvalue weighted by atomic mass is 16.5. The largest absolute Gasteiger partial charge is 0.482 e. The quantitative estimate of drug-likeness (QED) is 0.862. The van der Waals surface area contributed by atoms with Crippen molar-refractivity contribution >= 4 is 11.8 Å². The molecule has 0 atom stereocenters. The topological polar surface area (TPSA) is 71.5 Å². The van der Waals surface area contributed by atoms with Crippen LogP contribution in [0.4, 0.5) is 0 Å². The van der Waals surface area contributed by atoms with Gasteiger partial charge in [-0.25, -0.2) is 0 Å². The molecule has 2 aromatic rings. The summed E-state index contributed by atoms with van der Waals surface area (Å²) in [4.78, 5) is 30.3. The van der Waals surface area contributed by atoms with Crippen molar-refractivity contribution in [3.05, 3.63) is 60.4 Å². The minimum absolute atomic E-state index is 0.00341. The number of ether oxygens (including phenoxy) is 1. The molecule has 6 heteroatoms. The number of carbonyl (C=O) groups excluding carboxylic acids is 2. The highest BCUT2D eigenvalue weighted by Gasteiger charge is 2.27. The highest BCUT2D eigenvalue weighted by molar-refractivity contribution is 5.80. The van der Waals surface area contributed by atoms with Crippen molar-refractivity contribution in [1.82, 2.24) is 15.2 Å². The number of rotatable bonds is 6. The van der Waals surface area contributed by atoms with Gasteiger partial charge in [0.05, 0.1) is 6.20 Å². The molecule has 0 unspecified atom stereocenters. The number of piperidine rings is 1. The summed E-state index contributed by atoms with van der Waals surface area (Å²) in [6.45, 7) is 1.70. The van der Waals surface area contributed by atoms with Crippen LogP contribution in [0.3, 0.4) is 0 Å². The minimum atomic E-state index is -0.0583. The summed E-state index contributed by atoms with van der Waals surface area (Å²) in [5.74, 6) is 0.544. The molecule has 1 aromatic carbocycles. The summed E-state index contributed by atoms with van der Waals surface area (Å²) in [6.07, 6.45) is 4.59.